The van der Waals surface area contributed by atoms with Gasteiger partial charge in [-0.15, -0.1) is 0 Å². The Hall–Kier alpha value is -5.49. The summed E-state index contributed by atoms with van der Waals surface area (Å²) in [4.78, 5) is 0. The number of hydrogen-bond acceptors (Lipinski definition) is 8. The molecule has 0 atom stereocenters. The van der Waals surface area contributed by atoms with Crippen molar-refractivity contribution in [1.29, 1.82) is 0 Å². The molecule has 4 aromatic carbocycles. The lowest BCUT2D eigenvalue weighted by molar-refractivity contribution is -0.401. The zero-order valence-corrected chi connectivity index (χ0v) is 33.1. The summed E-state index contributed by atoms with van der Waals surface area (Å²) in [6.45, 7) is 11.0. The molecule has 0 aromatic heterocycles. The van der Waals surface area contributed by atoms with Gasteiger partial charge in [-0.05, 0) is 38.8 Å². The van der Waals surface area contributed by atoms with Crippen molar-refractivity contribution in [1.82, 2.24) is 10.0 Å². The fourth-order valence-electron chi connectivity index (χ4n) is 7.75. The lowest BCUT2D eigenvalue weighted by atomic mass is 9.81. The molecule has 4 heterocycles. The van der Waals surface area contributed by atoms with Crippen molar-refractivity contribution < 1.29 is 26.7 Å². The van der Waals surface area contributed by atoms with Crippen LogP contribution in [0.15, 0.2) is 144 Å². The molecule has 4 aliphatic rings. The highest BCUT2D eigenvalue weighted by Crippen LogP contribution is 2.40. The van der Waals surface area contributed by atoms with Gasteiger partial charge in [-0.2, -0.15) is 19.4 Å². The van der Waals surface area contributed by atoms with Crippen molar-refractivity contribution in [3.63, 3.8) is 0 Å². The average molecular weight is 757 g/mol. The van der Waals surface area contributed by atoms with E-state index in [1.807, 2.05) is 12.1 Å². The van der Waals surface area contributed by atoms with Gasteiger partial charge in [-0.1, -0.05) is 97.1 Å². The normalized spacial score (nSPS) is 18.2. The maximum absolute atomic E-state index is 8.52. The minimum absolute atomic E-state index is 0.00748. The van der Waals surface area contributed by atoms with E-state index < -0.39 is 10.4 Å². The molecule has 10 nitrogen and oxygen atoms in total. The Kier molecular flexibility index (Phi) is 11.5. The van der Waals surface area contributed by atoms with Crippen LogP contribution in [0, 0.1) is 0 Å². The summed E-state index contributed by atoms with van der Waals surface area (Å²) in [6.07, 6.45) is 10.7. The van der Waals surface area contributed by atoms with Crippen LogP contribution in [0.1, 0.15) is 62.8 Å². The first-order valence-corrected chi connectivity index (χ1v) is 19.7. The van der Waals surface area contributed by atoms with E-state index in [1.54, 1.807) is 0 Å². The Morgan fingerprint density at radius 1 is 0.582 bits per heavy atom. The summed E-state index contributed by atoms with van der Waals surface area (Å²) >= 11 is 0. The summed E-state index contributed by atoms with van der Waals surface area (Å²) in [5.74, 6) is 0. The Morgan fingerprint density at radius 3 is 1.25 bits per heavy atom. The zero-order valence-electron chi connectivity index (χ0n) is 32.3. The van der Waals surface area contributed by atoms with E-state index in [4.69, 9.17) is 27.7 Å². The molecule has 0 fully saturated rings. The van der Waals surface area contributed by atoms with Gasteiger partial charge in [-0.25, -0.2) is 0 Å². The molecule has 0 unspecified atom stereocenters. The molecule has 0 spiro atoms. The fraction of sp³-hybridized carbons (Fsp3) is 0.273. The topological polar surface area (TPSA) is 117 Å². The first-order chi connectivity index (χ1) is 26.1. The van der Waals surface area contributed by atoms with Crippen molar-refractivity contribution in [2.75, 3.05) is 27.2 Å². The number of nitrogens with zero attached hydrogens (tertiary/aromatic N) is 6. The van der Waals surface area contributed by atoms with Gasteiger partial charge in [0.2, 0.25) is 11.4 Å². The maximum Gasteiger partial charge on any atom is 0.209 e. The Morgan fingerprint density at radius 2 is 0.909 bits per heavy atom. The second-order valence-corrected chi connectivity index (χ2v) is 15.7. The lowest BCUT2D eigenvalue weighted by Crippen LogP contribution is -2.27. The molecule has 0 amide bonds. The average Bonchev–Trinajstić information content (AvgIpc) is 3.92. The third kappa shape index (κ3) is 8.91. The molecular weight excluding hydrogens is 709 g/mol. The van der Waals surface area contributed by atoms with Crippen LogP contribution < -0.4 is 0 Å². The van der Waals surface area contributed by atoms with E-state index in [1.165, 1.54) is 45.1 Å². The number of hydrazone groups is 2. The Balaban J connectivity index is 0.000000167. The Bertz CT molecular complexity index is 2180. The van der Waals surface area contributed by atoms with Gasteiger partial charge in [0.25, 0.3) is 0 Å². The van der Waals surface area contributed by atoms with Gasteiger partial charge in [0, 0.05) is 84.1 Å². The van der Waals surface area contributed by atoms with Crippen molar-refractivity contribution in [3.05, 3.63) is 156 Å². The predicted octanol–water partition coefficient (Wildman–Crippen LogP) is 7.29. The van der Waals surface area contributed by atoms with Crippen LogP contribution >= 0.6 is 0 Å². The monoisotopic (exact) mass is 756 g/mol. The standard InChI is InChI=1S/2C22H24N3.H2O4S/c2*1-22(2)18-11-7-8-12-20(18)24(3)21(22)14-16-25-15-13-19(23-25)17-9-5-4-6-10-17;1-5(2,3)4/h2*4-12,14,16H,13,15H2,1-3H3;(H2,1,2,3,4)/q2*+1;/p-2. The molecule has 4 aromatic rings. The van der Waals surface area contributed by atoms with Gasteiger partial charge in [0.1, 0.15) is 14.1 Å². The molecule has 4 aliphatic heterocycles. The summed E-state index contributed by atoms with van der Waals surface area (Å²) < 4.78 is 38.7. The second kappa shape index (κ2) is 16.1. The van der Waals surface area contributed by atoms with Crippen molar-refractivity contribution in [2.45, 2.75) is 51.4 Å². The number of para-hydroxylation sites is 2. The van der Waals surface area contributed by atoms with Gasteiger partial charge in [-0.3, -0.25) is 18.4 Å². The number of benzene rings is 4. The molecule has 8 rings (SSSR count). The number of fused-ring (bicyclic) bond motifs is 2. The highest BCUT2D eigenvalue weighted by Gasteiger charge is 2.43. The second-order valence-electron chi connectivity index (χ2n) is 14.9. The zero-order chi connectivity index (χ0) is 39.4. The third-order valence-electron chi connectivity index (χ3n) is 10.6. The van der Waals surface area contributed by atoms with Crippen LogP contribution in [-0.2, 0) is 21.2 Å². The molecular formula is C44H48N6O4S. The molecule has 0 saturated carbocycles. The molecule has 0 bridgehead atoms. The highest BCUT2D eigenvalue weighted by molar-refractivity contribution is 7.79. The summed E-state index contributed by atoms with van der Waals surface area (Å²) in [6, 6.07) is 38.2. The van der Waals surface area contributed by atoms with E-state index in [-0.39, 0.29) is 10.8 Å². The van der Waals surface area contributed by atoms with Crippen molar-refractivity contribution in [2.24, 2.45) is 10.2 Å². The van der Waals surface area contributed by atoms with Gasteiger partial charge < -0.3 is 9.11 Å². The molecule has 0 radical (unpaired) electrons. The van der Waals surface area contributed by atoms with Crippen LogP contribution in [0.3, 0.4) is 0 Å². The van der Waals surface area contributed by atoms with E-state index in [2.05, 4.69) is 183 Å². The summed E-state index contributed by atoms with van der Waals surface area (Å²) in [7, 11) is -0.869. The van der Waals surface area contributed by atoms with Crippen LogP contribution in [0.25, 0.3) is 0 Å². The third-order valence-corrected chi connectivity index (χ3v) is 10.6. The number of hydrogen-bond donors (Lipinski definition) is 0. The molecule has 0 aliphatic carbocycles. The number of allylic oxidation sites excluding steroid dienone is 2. The highest BCUT2D eigenvalue weighted by atomic mass is 32.3. The van der Waals surface area contributed by atoms with Crippen LogP contribution in [0.2, 0.25) is 0 Å². The van der Waals surface area contributed by atoms with Gasteiger partial charge in [0.05, 0.1) is 22.3 Å². The van der Waals surface area contributed by atoms with Crippen LogP contribution in [0.5, 0.6) is 0 Å². The quantitative estimate of drug-likeness (QED) is 0.116. The maximum atomic E-state index is 8.52. The molecule has 55 heavy (non-hydrogen) atoms. The largest absolute Gasteiger partial charge is 0.759 e. The lowest BCUT2D eigenvalue weighted by Gasteiger charge is -2.15. The van der Waals surface area contributed by atoms with E-state index in [0.29, 0.717) is 0 Å². The van der Waals surface area contributed by atoms with Gasteiger partial charge >= 0.3 is 0 Å². The first-order valence-electron chi connectivity index (χ1n) is 18.4. The SMILES string of the molecule is C[N+]1=C(C=CN2CCC(c3ccccc3)=N2)C(C)(C)c2ccccc21.C[N+]1=C(C=CN2CCC(c3ccccc3)=N2)C(C)(C)c2ccccc21.O=S(=O)([O-])[O-]. The smallest absolute Gasteiger partial charge is 0.209 e. The molecule has 0 saturated heterocycles. The molecule has 0 N–H and O–H groups in total. The van der Waals surface area contributed by atoms with Crippen LogP contribution in [0.4, 0.5) is 11.4 Å². The van der Waals surface area contributed by atoms with E-state index in [0.717, 1.165) is 37.4 Å². The van der Waals surface area contributed by atoms with Gasteiger partial charge in [0.15, 0.2) is 11.4 Å². The minimum Gasteiger partial charge on any atom is -0.759 e. The fourth-order valence-corrected chi connectivity index (χ4v) is 7.75. The van der Waals surface area contributed by atoms with Crippen molar-refractivity contribution >= 4 is 44.6 Å². The number of rotatable bonds is 6. The van der Waals surface area contributed by atoms with Crippen LogP contribution in [-0.4, -0.2) is 86.7 Å². The van der Waals surface area contributed by atoms with Crippen molar-refractivity contribution in [3.8, 4) is 0 Å². The Labute approximate surface area is 325 Å². The molecule has 284 valence electrons. The summed E-state index contributed by atoms with van der Waals surface area (Å²) in [5, 5.41) is 13.7. The summed E-state index contributed by atoms with van der Waals surface area (Å²) in [5.41, 5.74) is 12.7. The van der Waals surface area contributed by atoms with E-state index in [9.17, 15) is 0 Å². The minimum atomic E-state index is -5.17. The molecule has 11 heteroatoms. The predicted molar refractivity (Wildman–Crippen MR) is 218 cm³/mol. The first kappa shape index (κ1) is 39.2. The van der Waals surface area contributed by atoms with E-state index >= 15 is 0 Å².